The molecule has 1 heterocycles. The zero-order chi connectivity index (χ0) is 13.2. The summed E-state index contributed by atoms with van der Waals surface area (Å²) >= 11 is 0. The Morgan fingerprint density at radius 3 is 2.32 bits per heavy atom. The van der Waals surface area contributed by atoms with Crippen LogP contribution in [0.25, 0.3) is 0 Å². The number of hydrogen-bond acceptors (Lipinski definition) is 2. The molecule has 1 aliphatic carbocycles. The highest BCUT2D eigenvalue weighted by molar-refractivity contribution is 5.31. The van der Waals surface area contributed by atoms with Crippen molar-refractivity contribution < 1.29 is 9.50 Å². The lowest BCUT2D eigenvalue weighted by molar-refractivity contribution is 0.154. The molecule has 2 fully saturated rings. The van der Waals surface area contributed by atoms with Gasteiger partial charge >= 0.3 is 0 Å². The van der Waals surface area contributed by atoms with Crippen LogP contribution >= 0.6 is 0 Å². The van der Waals surface area contributed by atoms with Crippen molar-refractivity contribution in [2.75, 3.05) is 13.1 Å². The summed E-state index contributed by atoms with van der Waals surface area (Å²) in [5.41, 5.74) is 0.962. The van der Waals surface area contributed by atoms with Crippen molar-refractivity contribution in [3.63, 3.8) is 0 Å². The quantitative estimate of drug-likeness (QED) is 0.880. The van der Waals surface area contributed by atoms with Gasteiger partial charge in [0.05, 0.1) is 0 Å². The summed E-state index contributed by atoms with van der Waals surface area (Å²) in [6, 6.07) is 5.27. The lowest BCUT2D eigenvalue weighted by atomic mass is 9.88. The van der Waals surface area contributed by atoms with Crippen molar-refractivity contribution in [1.29, 1.82) is 0 Å². The van der Waals surface area contributed by atoms with Gasteiger partial charge in [-0.2, -0.15) is 0 Å². The van der Waals surface area contributed by atoms with Crippen LogP contribution in [-0.4, -0.2) is 29.1 Å². The summed E-state index contributed by atoms with van der Waals surface area (Å²) in [5, 5.41) is 9.50. The van der Waals surface area contributed by atoms with E-state index in [1.54, 1.807) is 12.1 Å². The molecule has 3 rings (SSSR count). The van der Waals surface area contributed by atoms with Crippen molar-refractivity contribution in [2.45, 2.75) is 50.5 Å². The number of benzene rings is 1. The van der Waals surface area contributed by atoms with Crippen molar-refractivity contribution in [3.05, 3.63) is 29.6 Å². The van der Waals surface area contributed by atoms with Gasteiger partial charge in [-0.15, -0.1) is 0 Å². The van der Waals surface area contributed by atoms with Gasteiger partial charge in [0.1, 0.15) is 11.6 Å². The summed E-state index contributed by atoms with van der Waals surface area (Å²) in [6.45, 7) is 2.24. The van der Waals surface area contributed by atoms with Crippen LogP contribution in [0.15, 0.2) is 18.2 Å². The highest BCUT2D eigenvalue weighted by atomic mass is 19.1. The Morgan fingerprint density at radius 1 is 1.00 bits per heavy atom. The molecule has 1 aliphatic heterocycles. The Balaban J connectivity index is 1.63. The molecule has 0 bridgehead atoms. The highest BCUT2D eigenvalue weighted by Gasteiger charge is 2.27. The standard InChI is InChI=1S/C16H22FNO/c17-14-9-13(10-16(19)11-14)12-5-7-18(8-6-12)15-3-1-2-4-15/h9-12,15,19H,1-8H2. The normalized spacial score (nSPS) is 23.0. The van der Waals surface area contributed by atoms with Gasteiger partial charge in [0.2, 0.25) is 0 Å². The second-order valence-corrected chi connectivity index (χ2v) is 5.99. The van der Waals surface area contributed by atoms with Crippen molar-refractivity contribution >= 4 is 0 Å². The maximum Gasteiger partial charge on any atom is 0.127 e. The van der Waals surface area contributed by atoms with Gasteiger partial charge in [-0.1, -0.05) is 12.8 Å². The van der Waals surface area contributed by atoms with Crippen LogP contribution in [0.5, 0.6) is 5.75 Å². The smallest absolute Gasteiger partial charge is 0.127 e. The van der Waals surface area contributed by atoms with E-state index < -0.39 is 0 Å². The van der Waals surface area contributed by atoms with E-state index in [-0.39, 0.29) is 11.6 Å². The molecule has 0 aromatic heterocycles. The maximum absolute atomic E-state index is 13.3. The lowest BCUT2D eigenvalue weighted by Gasteiger charge is -2.36. The zero-order valence-corrected chi connectivity index (χ0v) is 11.3. The van der Waals surface area contributed by atoms with Gasteiger partial charge in [0.25, 0.3) is 0 Å². The number of phenols is 1. The molecule has 1 saturated carbocycles. The molecule has 2 aliphatic rings. The first kappa shape index (κ1) is 12.9. The maximum atomic E-state index is 13.3. The predicted molar refractivity (Wildman–Crippen MR) is 73.9 cm³/mol. The van der Waals surface area contributed by atoms with Gasteiger partial charge in [0.15, 0.2) is 0 Å². The minimum absolute atomic E-state index is 0.0493. The molecular formula is C16H22FNO. The first-order chi connectivity index (χ1) is 9.22. The summed E-state index contributed by atoms with van der Waals surface area (Å²) < 4.78 is 13.3. The van der Waals surface area contributed by atoms with Crippen LogP contribution in [0, 0.1) is 5.82 Å². The van der Waals surface area contributed by atoms with E-state index >= 15 is 0 Å². The van der Waals surface area contributed by atoms with Gasteiger partial charge in [-0.05, 0) is 62.4 Å². The van der Waals surface area contributed by atoms with Gasteiger partial charge < -0.3 is 10.0 Å². The molecule has 0 spiro atoms. The number of likely N-dealkylation sites (tertiary alicyclic amines) is 1. The van der Waals surface area contributed by atoms with E-state index in [2.05, 4.69) is 4.90 Å². The molecule has 1 aromatic rings. The molecule has 0 unspecified atom stereocenters. The fourth-order valence-electron chi connectivity index (χ4n) is 3.70. The highest BCUT2D eigenvalue weighted by Crippen LogP contribution is 2.33. The molecule has 1 aromatic carbocycles. The molecule has 3 heteroatoms. The number of aromatic hydroxyl groups is 1. The van der Waals surface area contributed by atoms with E-state index in [1.807, 2.05) is 0 Å². The Labute approximate surface area is 114 Å². The van der Waals surface area contributed by atoms with Crippen molar-refractivity contribution in [3.8, 4) is 5.75 Å². The third-order valence-electron chi connectivity index (χ3n) is 4.75. The fourth-order valence-corrected chi connectivity index (χ4v) is 3.70. The monoisotopic (exact) mass is 263 g/mol. The minimum atomic E-state index is -0.326. The number of piperidine rings is 1. The van der Waals surface area contributed by atoms with Crippen LogP contribution < -0.4 is 0 Å². The molecule has 0 amide bonds. The molecular weight excluding hydrogens is 241 g/mol. The third-order valence-corrected chi connectivity index (χ3v) is 4.75. The van der Waals surface area contributed by atoms with Crippen LogP contribution in [0.4, 0.5) is 4.39 Å². The summed E-state index contributed by atoms with van der Waals surface area (Å²) in [6.07, 6.45) is 7.63. The second kappa shape index (κ2) is 5.49. The van der Waals surface area contributed by atoms with Crippen molar-refractivity contribution in [1.82, 2.24) is 4.90 Å². The number of hydrogen-bond donors (Lipinski definition) is 1. The lowest BCUT2D eigenvalue weighted by Crippen LogP contribution is -2.39. The van der Waals surface area contributed by atoms with Crippen LogP contribution in [0.3, 0.4) is 0 Å². The number of halogens is 1. The molecule has 104 valence electrons. The SMILES string of the molecule is Oc1cc(F)cc(C2CCN(C3CCCC3)CC2)c1. The summed E-state index contributed by atoms with van der Waals surface area (Å²) in [4.78, 5) is 2.61. The molecule has 1 N–H and O–H groups in total. The Kier molecular flexibility index (Phi) is 3.74. The topological polar surface area (TPSA) is 23.5 Å². The largest absolute Gasteiger partial charge is 0.508 e. The average molecular weight is 263 g/mol. The van der Waals surface area contributed by atoms with E-state index in [0.717, 1.165) is 37.5 Å². The Bertz CT molecular complexity index is 414. The van der Waals surface area contributed by atoms with E-state index in [9.17, 15) is 9.50 Å². The molecule has 0 atom stereocenters. The van der Waals surface area contributed by atoms with E-state index in [0.29, 0.717) is 5.92 Å². The second-order valence-electron chi connectivity index (χ2n) is 5.99. The predicted octanol–water partition coefficient (Wildman–Crippen LogP) is 3.65. The van der Waals surface area contributed by atoms with Gasteiger partial charge in [-0.3, -0.25) is 0 Å². The first-order valence-electron chi connectivity index (χ1n) is 7.46. The zero-order valence-electron chi connectivity index (χ0n) is 11.3. The Hall–Kier alpha value is -1.09. The summed E-state index contributed by atoms with van der Waals surface area (Å²) in [7, 11) is 0. The first-order valence-corrected chi connectivity index (χ1v) is 7.46. The average Bonchev–Trinajstić information content (AvgIpc) is 2.91. The van der Waals surface area contributed by atoms with E-state index in [4.69, 9.17) is 0 Å². The van der Waals surface area contributed by atoms with Crippen LogP contribution in [0.1, 0.15) is 50.0 Å². The molecule has 0 radical (unpaired) electrons. The van der Waals surface area contributed by atoms with E-state index in [1.165, 1.54) is 31.7 Å². The van der Waals surface area contributed by atoms with Crippen LogP contribution in [-0.2, 0) is 0 Å². The number of rotatable bonds is 2. The summed E-state index contributed by atoms with van der Waals surface area (Å²) in [5.74, 6) is 0.126. The minimum Gasteiger partial charge on any atom is -0.508 e. The van der Waals surface area contributed by atoms with Crippen LogP contribution in [0.2, 0.25) is 0 Å². The Morgan fingerprint density at radius 2 is 1.68 bits per heavy atom. The van der Waals surface area contributed by atoms with Gasteiger partial charge in [0, 0.05) is 12.1 Å². The third kappa shape index (κ3) is 2.92. The van der Waals surface area contributed by atoms with Crippen molar-refractivity contribution in [2.24, 2.45) is 0 Å². The molecule has 2 nitrogen and oxygen atoms in total. The number of phenolic OH excluding ortho intramolecular Hbond substituents is 1. The molecule has 1 saturated heterocycles. The van der Waals surface area contributed by atoms with Gasteiger partial charge in [-0.25, -0.2) is 4.39 Å². The number of nitrogens with zero attached hydrogens (tertiary/aromatic N) is 1. The fraction of sp³-hybridized carbons (Fsp3) is 0.625. The molecule has 19 heavy (non-hydrogen) atoms.